The van der Waals surface area contributed by atoms with Gasteiger partial charge in [-0.2, -0.15) is 0 Å². The zero-order valence-electron chi connectivity index (χ0n) is 28.2. The molecule has 4 heterocycles. The molecular formula is C38H41N7O4. The van der Waals surface area contributed by atoms with Gasteiger partial charge in [0.1, 0.15) is 17.2 Å². The van der Waals surface area contributed by atoms with E-state index in [-0.39, 0.29) is 24.1 Å². The third-order valence-electron chi connectivity index (χ3n) is 8.43. The molecule has 0 radical (unpaired) electrons. The van der Waals surface area contributed by atoms with Crippen LogP contribution >= 0.6 is 0 Å². The van der Waals surface area contributed by atoms with Crippen molar-refractivity contribution in [2.75, 3.05) is 48.0 Å². The van der Waals surface area contributed by atoms with Crippen LogP contribution < -0.4 is 25.6 Å². The van der Waals surface area contributed by atoms with Crippen LogP contribution in [-0.4, -0.2) is 59.8 Å². The predicted octanol–water partition coefficient (Wildman–Crippen LogP) is 6.27. The number of ether oxygens (including phenoxy) is 1. The van der Waals surface area contributed by atoms with Crippen molar-refractivity contribution in [3.05, 3.63) is 96.5 Å². The number of amides is 3. The van der Waals surface area contributed by atoms with Crippen molar-refractivity contribution in [3.8, 4) is 16.9 Å². The minimum atomic E-state index is -0.641. The number of likely N-dealkylation sites (N-methyl/N-ethyl adjacent to an activating group) is 1. The van der Waals surface area contributed by atoms with Crippen LogP contribution in [0.15, 0.2) is 85.3 Å². The molecule has 2 aliphatic heterocycles. The Morgan fingerprint density at radius 2 is 1.82 bits per heavy atom. The van der Waals surface area contributed by atoms with E-state index < -0.39 is 5.60 Å². The number of fused-ring (bicyclic) bond motifs is 3. The van der Waals surface area contributed by atoms with Crippen molar-refractivity contribution in [2.24, 2.45) is 0 Å². The summed E-state index contributed by atoms with van der Waals surface area (Å²) in [6, 6.07) is 17.2. The second kappa shape index (κ2) is 14.3. The van der Waals surface area contributed by atoms with Gasteiger partial charge in [0.05, 0.1) is 23.8 Å². The molecule has 11 heteroatoms. The van der Waals surface area contributed by atoms with E-state index in [0.29, 0.717) is 42.3 Å². The van der Waals surface area contributed by atoms with Gasteiger partial charge in [0.15, 0.2) is 0 Å². The lowest BCUT2D eigenvalue weighted by atomic mass is 9.87. The van der Waals surface area contributed by atoms with Gasteiger partial charge in [0.2, 0.25) is 17.7 Å². The number of nitrogens with one attached hydrogen (secondary N) is 3. The smallest absolute Gasteiger partial charge is 0.248 e. The van der Waals surface area contributed by atoms with Crippen LogP contribution in [0, 0.1) is 0 Å². The predicted molar refractivity (Wildman–Crippen MR) is 192 cm³/mol. The van der Waals surface area contributed by atoms with Gasteiger partial charge < -0.3 is 30.5 Å². The fourth-order valence-corrected chi connectivity index (χ4v) is 6.04. The number of nitrogens with zero attached hydrogens (tertiary/aromatic N) is 4. The molecular weight excluding hydrogens is 618 g/mol. The van der Waals surface area contributed by atoms with Crippen molar-refractivity contribution in [3.63, 3.8) is 0 Å². The molecule has 2 aromatic carbocycles. The first-order valence-corrected chi connectivity index (χ1v) is 16.4. The Balaban J connectivity index is 1.07. The molecule has 0 spiro atoms. The normalized spacial score (nSPS) is 14.7. The molecule has 1 fully saturated rings. The number of aryl methyl sites for hydroxylation is 1. The summed E-state index contributed by atoms with van der Waals surface area (Å²) in [5.41, 5.74) is 5.94. The van der Waals surface area contributed by atoms with Gasteiger partial charge in [-0.1, -0.05) is 18.2 Å². The highest BCUT2D eigenvalue weighted by Crippen LogP contribution is 2.47. The van der Waals surface area contributed by atoms with Crippen LogP contribution in [0.4, 0.5) is 28.6 Å². The lowest BCUT2D eigenvalue weighted by Crippen LogP contribution is -2.30. The molecule has 0 bridgehead atoms. The van der Waals surface area contributed by atoms with Gasteiger partial charge in [-0.05, 0) is 82.7 Å². The van der Waals surface area contributed by atoms with Crippen molar-refractivity contribution in [1.82, 2.24) is 14.9 Å². The molecule has 1 saturated heterocycles. The van der Waals surface area contributed by atoms with E-state index in [9.17, 15) is 14.4 Å². The minimum absolute atomic E-state index is 0.139. The highest BCUT2D eigenvalue weighted by molar-refractivity contribution is 5.99. The number of hydrogen-bond acceptors (Lipinski definition) is 8. The van der Waals surface area contributed by atoms with Crippen molar-refractivity contribution >= 4 is 46.3 Å². The maximum Gasteiger partial charge on any atom is 0.248 e. The number of benzene rings is 2. The number of hydrogen-bond donors (Lipinski definition) is 3. The van der Waals surface area contributed by atoms with Crippen molar-refractivity contribution < 1.29 is 19.1 Å². The summed E-state index contributed by atoms with van der Waals surface area (Å²) in [4.78, 5) is 50.1. The first kappa shape index (κ1) is 33.4. The van der Waals surface area contributed by atoms with E-state index in [2.05, 4.69) is 25.9 Å². The Bertz CT molecular complexity index is 1920. The maximum absolute atomic E-state index is 12.8. The van der Waals surface area contributed by atoms with Crippen LogP contribution in [0.2, 0.25) is 0 Å². The van der Waals surface area contributed by atoms with Gasteiger partial charge in [-0.15, -0.1) is 0 Å². The van der Waals surface area contributed by atoms with Gasteiger partial charge in [-0.25, -0.2) is 4.98 Å². The Hall–Kier alpha value is -5.55. The Labute approximate surface area is 286 Å². The summed E-state index contributed by atoms with van der Waals surface area (Å²) in [5.74, 6) is 1.13. The first-order chi connectivity index (χ1) is 23.5. The van der Waals surface area contributed by atoms with Gasteiger partial charge in [0.25, 0.3) is 0 Å². The Morgan fingerprint density at radius 1 is 0.980 bits per heavy atom. The van der Waals surface area contributed by atoms with Gasteiger partial charge in [0, 0.05) is 72.3 Å². The summed E-state index contributed by atoms with van der Waals surface area (Å²) in [6.07, 6.45) is 10.6. The zero-order valence-corrected chi connectivity index (χ0v) is 28.2. The third kappa shape index (κ3) is 8.13. The Morgan fingerprint density at radius 3 is 2.61 bits per heavy atom. The number of aromatic nitrogens is 2. The summed E-state index contributed by atoms with van der Waals surface area (Å²) < 4.78 is 6.47. The highest BCUT2D eigenvalue weighted by Gasteiger charge is 2.34. The lowest BCUT2D eigenvalue weighted by Gasteiger charge is -2.35. The average Bonchev–Trinajstić information content (AvgIpc) is 3.49. The van der Waals surface area contributed by atoms with Crippen LogP contribution in [-0.2, 0) is 26.4 Å². The molecule has 3 amide bonds. The van der Waals surface area contributed by atoms with Crippen LogP contribution in [0.25, 0.3) is 11.1 Å². The van der Waals surface area contributed by atoms with Crippen LogP contribution in [0.1, 0.15) is 44.2 Å². The summed E-state index contributed by atoms with van der Waals surface area (Å²) in [5, 5.41) is 9.11. The molecule has 2 aliphatic rings. The molecule has 0 unspecified atom stereocenters. The van der Waals surface area contributed by atoms with E-state index in [1.165, 1.54) is 6.08 Å². The second-order valence-electron chi connectivity index (χ2n) is 13.0. The van der Waals surface area contributed by atoms with E-state index in [1.54, 1.807) is 18.5 Å². The minimum Gasteiger partial charge on any atom is -0.482 e. The number of pyridine rings is 2. The molecule has 49 heavy (non-hydrogen) atoms. The third-order valence-corrected chi connectivity index (χ3v) is 8.43. The number of carbonyl (C=O) groups excluding carboxylic acids is 3. The quantitative estimate of drug-likeness (QED) is 0.161. The van der Waals surface area contributed by atoms with E-state index in [4.69, 9.17) is 4.74 Å². The number of rotatable bonds is 11. The molecule has 3 N–H and O–H groups in total. The average molecular weight is 660 g/mol. The standard InChI is InChI=1S/C38H41N7O4/c1-38(2)32-21-34(40-24-31(32)30-14-13-29(20-33(30)49-38)45-17-7-11-37(45)48)41-27-19-28(23-39-22-27)43-36(47)15-12-25-8-5-9-26(18-25)42-35(46)10-6-16-44(3)4/h5-6,8-10,13-14,18-24H,7,11-12,15-17H2,1-4H3,(H,40,41)(H,42,46)(H,43,47)/b10-6+. The molecule has 0 saturated carbocycles. The molecule has 11 nitrogen and oxygen atoms in total. The second-order valence-corrected chi connectivity index (χ2v) is 13.0. The number of anilines is 5. The van der Waals surface area contributed by atoms with E-state index >= 15 is 0 Å². The largest absolute Gasteiger partial charge is 0.482 e. The van der Waals surface area contributed by atoms with Crippen molar-refractivity contribution in [2.45, 2.75) is 45.1 Å². The first-order valence-electron chi connectivity index (χ1n) is 16.4. The Kier molecular flexibility index (Phi) is 9.72. The molecule has 0 aliphatic carbocycles. The maximum atomic E-state index is 12.8. The van der Waals surface area contributed by atoms with E-state index in [1.807, 2.05) is 98.5 Å². The zero-order chi connectivity index (χ0) is 34.5. The number of carbonyl (C=O) groups is 3. The summed E-state index contributed by atoms with van der Waals surface area (Å²) in [7, 11) is 3.87. The van der Waals surface area contributed by atoms with Crippen molar-refractivity contribution in [1.29, 1.82) is 0 Å². The van der Waals surface area contributed by atoms with Crippen LogP contribution in [0.5, 0.6) is 5.75 Å². The molecule has 6 rings (SSSR count). The van der Waals surface area contributed by atoms with Crippen LogP contribution in [0.3, 0.4) is 0 Å². The molecule has 2 aromatic heterocycles. The topological polar surface area (TPSA) is 129 Å². The van der Waals surface area contributed by atoms with Gasteiger partial charge >= 0.3 is 0 Å². The molecule has 0 atom stereocenters. The molecule has 252 valence electrons. The molecule has 4 aromatic rings. The SMILES string of the molecule is CN(C)C/C=C/C(=O)Nc1cccc(CCC(=O)Nc2cncc(Nc3cc4c(cn3)-c3ccc(N5CCCC5=O)cc3OC4(C)C)c2)c1. The summed E-state index contributed by atoms with van der Waals surface area (Å²) >= 11 is 0. The van der Waals surface area contributed by atoms with Gasteiger partial charge in [-0.3, -0.25) is 19.4 Å². The monoisotopic (exact) mass is 659 g/mol. The summed E-state index contributed by atoms with van der Waals surface area (Å²) in [6.45, 7) is 5.43. The van der Waals surface area contributed by atoms with E-state index in [0.717, 1.165) is 46.7 Å². The highest BCUT2D eigenvalue weighted by atomic mass is 16.5. The fraction of sp³-hybridized carbons (Fsp3) is 0.289. The fourth-order valence-electron chi connectivity index (χ4n) is 6.04. The lowest BCUT2D eigenvalue weighted by molar-refractivity contribution is -0.117.